The Balaban J connectivity index is 2.82. The third-order valence-corrected chi connectivity index (χ3v) is 3.95. The molecule has 1 aliphatic heterocycles. The number of rotatable bonds is 8. The molecule has 0 aromatic carbocycles. The molecule has 1 rings (SSSR count). The molecule has 0 saturated carbocycles. The molecule has 120 valence electrons. The summed E-state index contributed by atoms with van der Waals surface area (Å²) in [5.74, 6) is 0.837. The van der Waals surface area contributed by atoms with E-state index in [9.17, 15) is 4.79 Å². The highest BCUT2D eigenvalue weighted by Crippen LogP contribution is 2.27. The molecule has 0 aromatic rings. The summed E-state index contributed by atoms with van der Waals surface area (Å²) in [5.41, 5.74) is 0. The van der Waals surface area contributed by atoms with E-state index in [2.05, 4.69) is 27.4 Å². The topological polar surface area (TPSA) is 38.8 Å². The number of hydrogen-bond donors (Lipinski definition) is 0. The summed E-state index contributed by atoms with van der Waals surface area (Å²) in [6, 6.07) is 0.328. The van der Waals surface area contributed by atoms with Gasteiger partial charge in [0.05, 0.1) is 26.2 Å². The van der Waals surface area contributed by atoms with Gasteiger partial charge in [0.15, 0.2) is 0 Å². The molecule has 2 unspecified atom stereocenters. The Morgan fingerprint density at radius 3 is 2.62 bits per heavy atom. The molecule has 0 bridgehead atoms. The van der Waals surface area contributed by atoms with Crippen LogP contribution in [-0.4, -0.2) is 43.7 Å². The van der Waals surface area contributed by atoms with Crippen molar-refractivity contribution in [2.45, 2.75) is 39.7 Å². The summed E-state index contributed by atoms with van der Waals surface area (Å²) in [6.45, 7) is 11.6. The molecule has 0 spiro atoms. The molecule has 0 N–H and O–H groups in total. The number of amides is 1. The van der Waals surface area contributed by atoms with Crippen LogP contribution < -0.4 is 0 Å². The van der Waals surface area contributed by atoms with E-state index in [4.69, 9.17) is 9.47 Å². The molecule has 1 aliphatic rings. The van der Waals surface area contributed by atoms with Crippen LogP contribution in [0.3, 0.4) is 0 Å². The summed E-state index contributed by atoms with van der Waals surface area (Å²) >= 11 is 0. The highest BCUT2D eigenvalue weighted by Gasteiger charge is 2.35. The molecule has 0 aliphatic carbocycles. The summed E-state index contributed by atoms with van der Waals surface area (Å²) in [7, 11) is 1.62. The Bertz CT molecular complexity index is 376. The second kappa shape index (κ2) is 8.88. The minimum Gasteiger partial charge on any atom is -0.500 e. The maximum Gasteiger partial charge on any atom is 0.233 e. The van der Waals surface area contributed by atoms with E-state index < -0.39 is 0 Å². The van der Waals surface area contributed by atoms with E-state index in [-0.39, 0.29) is 17.7 Å². The zero-order valence-corrected chi connectivity index (χ0v) is 13.8. The van der Waals surface area contributed by atoms with Crippen LogP contribution in [0.5, 0.6) is 0 Å². The number of hydrogen-bond acceptors (Lipinski definition) is 3. The molecule has 2 atom stereocenters. The molecule has 1 fully saturated rings. The first-order valence-electron chi connectivity index (χ1n) is 7.76. The van der Waals surface area contributed by atoms with Crippen LogP contribution in [0, 0.1) is 11.8 Å². The van der Waals surface area contributed by atoms with E-state index in [1.54, 1.807) is 13.2 Å². The molecule has 1 amide bonds. The van der Waals surface area contributed by atoms with Gasteiger partial charge < -0.3 is 14.4 Å². The Hall–Kier alpha value is -1.29. The highest BCUT2D eigenvalue weighted by atomic mass is 16.5. The summed E-state index contributed by atoms with van der Waals surface area (Å²) in [6.07, 6.45) is 5.75. The van der Waals surface area contributed by atoms with Gasteiger partial charge in [-0.2, -0.15) is 0 Å². The molecule has 21 heavy (non-hydrogen) atoms. The van der Waals surface area contributed by atoms with Crippen LogP contribution in [0.25, 0.3) is 0 Å². The standard InChI is InChI=1S/C17H29NO3/c1-6-11-21-12-9-15(20-5)16(13(2)3)17(19)18-10-7-8-14(18)4/h6,9,13-14,16H,1,7-8,10-12H2,2-5H3/b15-9-. The van der Waals surface area contributed by atoms with E-state index >= 15 is 0 Å². The van der Waals surface area contributed by atoms with E-state index in [1.807, 2.05) is 11.0 Å². The lowest BCUT2D eigenvalue weighted by Crippen LogP contribution is -2.41. The molecule has 1 heterocycles. The zero-order chi connectivity index (χ0) is 15.8. The van der Waals surface area contributed by atoms with Gasteiger partial charge in [-0.15, -0.1) is 6.58 Å². The first-order chi connectivity index (χ1) is 10.0. The largest absolute Gasteiger partial charge is 0.500 e. The van der Waals surface area contributed by atoms with Gasteiger partial charge in [0.1, 0.15) is 5.76 Å². The first-order valence-corrected chi connectivity index (χ1v) is 7.76. The van der Waals surface area contributed by atoms with E-state index in [0.717, 1.165) is 19.4 Å². The second-order valence-corrected chi connectivity index (χ2v) is 5.88. The molecular weight excluding hydrogens is 266 g/mol. The van der Waals surface area contributed by atoms with Gasteiger partial charge in [-0.1, -0.05) is 19.9 Å². The molecule has 4 heteroatoms. The summed E-state index contributed by atoms with van der Waals surface area (Å²) in [4.78, 5) is 14.8. The quantitative estimate of drug-likeness (QED) is 0.392. The number of nitrogens with zero attached hydrogens (tertiary/aromatic N) is 1. The molecule has 0 radical (unpaired) electrons. The predicted molar refractivity (Wildman–Crippen MR) is 84.8 cm³/mol. The summed E-state index contributed by atoms with van der Waals surface area (Å²) in [5, 5.41) is 0. The second-order valence-electron chi connectivity index (χ2n) is 5.88. The van der Waals surface area contributed by atoms with Gasteiger partial charge in [0.25, 0.3) is 0 Å². The fraction of sp³-hybridized carbons (Fsp3) is 0.706. The number of methoxy groups -OCH3 is 1. The average Bonchev–Trinajstić information content (AvgIpc) is 2.87. The number of ether oxygens (including phenoxy) is 2. The van der Waals surface area contributed by atoms with Crippen molar-refractivity contribution in [1.82, 2.24) is 4.90 Å². The molecular formula is C17H29NO3. The third kappa shape index (κ3) is 4.88. The lowest BCUT2D eigenvalue weighted by atomic mass is 9.91. The van der Waals surface area contributed by atoms with Crippen LogP contribution in [0.4, 0.5) is 0 Å². The van der Waals surface area contributed by atoms with Crippen molar-refractivity contribution in [2.24, 2.45) is 11.8 Å². The van der Waals surface area contributed by atoms with Crippen molar-refractivity contribution in [2.75, 3.05) is 26.9 Å². The van der Waals surface area contributed by atoms with Crippen LogP contribution in [0.1, 0.15) is 33.6 Å². The van der Waals surface area contributed by atoms with Crippen molar-refractivity contribution >= 4 is 5.91 Å². The van der Waals surface area contributed by atoms with Gasteiger partial charge in [0.2, 0.25) is 5.91 Å². The van der Waals surface area contributed by atoms with Crippen molar-refractivity contribution in [3.8, 4) is 0 Å². The van der Waals surface area contributed by atoms with Gasteiger partial charge in [-0.25, -0.2) is 0 Å². The maximum absolute atomic E-state index is 12.8. The first kappa shape index (κ1) is 17.8. The predicted octanol–water partition coefficient (Wildman–Crippen LogP) is 3.00. The monoisotopic (exact) mass is 295 g/mol. The lowest BCUT2D eigenvalue weighted by Gasteiger charge is -2.30. The SMILES string of the molecule is C=CCOC/C=C(\OC)C(C(=O)N1CCCC1C)C(C)C. The van der Waals surface area contributed by atoms with Crippen LogP contribution in [0.2, 0.25) is 0 Å². The van der Waals surface area contributed by atoms with E-state index in [1.165, 1.54) is 0 Å². The maximum atomic E-state index is 12.8. The smallest absolute Gasteiger partial charge is 0.233 e. The van der Waals surface area contributed by atoms with Crippen LogP contribution >= 0.6 is 0 Å². The molecule has 1 saturated heterocycles. The van der Waals surface area contributed by atoms with Crippen molar-refractivity contribution in [3.05, 3.63) is 24.5 Å². The third-order valence-electron chi connectivity index (χ3n) is 3.95. The summed E-state index contributed by atoms with van der Waals surface area (Å²) < 4.78 is 10.8. The number of carbonyl (C=O) groups excluding carboxylic acids is 1. The van der Waals surface area contributed by atoms with Crippen LogP contribution in [0.15, 0.2) is 24.5 Å². The van der Waals surface area contributed by atoms with Crippen molar-refractivity contribution < 1.29 is 14.3 Å². The number of carbonyl (C=O) groups is 1. The fourth-order valence-corrected chi connectivity index (χ4v) is 2.80. The van der Waals surface area contributed by atoms with Gasteiger partial charge >= 0.3 is 0 Å². The normalized spacial score (nSPS) is 20.7. The fourth-order valence-electron chi connectivity index (χ4n) is 2.80. The Kier molecular flexibility index (Phi) is 7.51. The van der Waals surface area contributed by atoms with E-state index in [0.29, 0.717) is 25.0 Å². The van der Waals surface area contributed by atoms with Gasteiger partial charge in [-0.3, -0.25) is 4.79 Å². The van der Waals surface area contributed by atoms with Gasteiger partial charge in [0, 0.05) is 12.6 Å². The lowest BCUT2D eigenvalue weighted by molar-refractivity contribution is -0.137. The highest BCUT2D eigenvalue weighted by molar-refractivity contribution is 5.82. The minimum absolute atomic E-state index is 0.173. The van der Waals surface area contributed by atoms with Crippen molar-refractivity contribution in [3.63, 3.8) is 0 Å². The zero-order valence-electron chi connectivity index (χ0n) is 13.8. The Morgan fingerprint density at radius 2 is 2.14 bits per heavy atom. The number of likely N-dealkylation sites (tertiary alicyclic amines) is 1. The Morgan fingerprint density at radius 1 is 1.43 bits per heavy atom. The Labute approximate surface area is 128 Å². The molecule has 0 aromatic heterocycles. The average molecular weight is 295 g/mol. The van der Waals surface area contributed by atoms with Crippen LogP contribution in [-0.2, 0) is 14.3 Å². The van der Waals surface area contributed by atoms with Crippen molar-refractivity contribution in [1.29, 1.82) is 0 Å². The molecule has 4 nitrogen and oxygen atoms in total. The van der Waals surface area contributed by atoms with Gasteiger partial charge in [-0.05, 0) is 31.8 Å². The minimum atomic E-state index is -0.233.